The molecule has 0 aliphatic rings. The molecule has 0 radical (unpaired) electrons. The first kappa shape index (κ1) is 19.2. The Morgan fingerprint density at radius 2 is 2.00 bits per heavy atom. The molecule has 0 aromatic heterocycles. The van der Waals surface area contributed by atoms with Crippen molar-refractivity contribution < 1.29 is 19.4 Å². The van der Waals surface area contributed by atoms with Crippen LogP contribution in [0.25, 0.3) is 0 Å². The fourth-order valence-electron chi connectivity index (χ4n) is 1.63. The molecule has 128 valence electrons. The highest BCUT2D eigenvalue weighted by atomic mass is 35.5. The van der Waals surface area contributed by atoms with Gasteiger partial charge in [0.1, 0.15) is 18.5 Å². The van der Waals surface area contributed by atoms with Crippen LogP contribution in [-0.4, -0.2) is 55.8 Å². The lowest BCUT2D eigenvalue weighted by molar-refractivity contribution is -0.125. The third kappa shape index (κ3) is 9.02. The largest absolute Gasteiger partial charge is 0.489 e. The summed E-state index contributed by atoms with van der Waals surface area (Å²) in [6, 6.07) is 7.04. The molecule has 4 N–H and O–H groups in total. The van der Waals surface area contributed by atoms with Crippen molar-refractivity contribution in [2.75, 3.05) is 32.8 Å². The Bertz CT molecular complexity index is 513. The van der Waals surface area contributed by atoms with Gasteiger partial charge in [0.25, 0.3) is 0 Å². The molecular formula is C15H22ClN3O4. The van der Waals surface area contributed by atoms with Gasteiger partial charge in [-0.3, -0.25) is 9.59 Å². The predicted octanol–water partition coefficient (Wildman–Crippen LogP) is -0.0784. The molecule has 0 saturated heterocycles. The maximum absolute atomic E-state index is 11.3. The van der Waals surface area contributed by atoms with Crippen LogP contribution >= 0.6 is 11.6 Å². The Hall–Kier alpha value is -1.83. The Kier molecular flexibility index (Phi) is 9.04. The zero-order chi connectivity index (χ0) is 17.1. The zero-order valence-corrected chi connectivity index (χ0v) is 13.7. The van der Waals surface area contributed by atoms with Crippen molar-refractivity contribution in [1.82, 2.24) is 16.0 Å². The molecule has 8 heteroatoms. The molecular weight excluding hydrogens is 322 g/mol. The van der Waals surface area contributed by atoms with Crippen LogP contribution in [0.2, 0.25) is 5.02 Å². The predicted molar refractivity (Wildman–Crippen MR) is 87.5 cm³/mol. The van der Waals surface area contributed by atoms with Gasteiger partial charge < -0.3 is 25.8 Å². The Morgan fingerprint density at radius 1 is 1.26 bits per heavy atom. The molecule has 1 aromatic carbocycles. The number of aliphatic hydroxyl groups is 1. The summed E-state index contributed by atoms with van der Waals surface area (Å²) in [5.74, 6) is 0.0166. The van der Waals surface area contributed by atoms with E-state index in [1.165, 1.54) is 6.92 Å². The first-order chi connectivity index (χ1) is 11.0. The van der Waals surface area contributed by atoms with Crippen LogP contribution in [0.5, 0.6) is 5.75 Å². The molecule has 0 bridgehead atoms. The van der Waals surface area contributed by atoms with E-state index in [1.807, 2.05) is 0 Å². The summed E-state index contributed by atoms with van der Waals surface area (Å²) in [4.78, 5) is 21.9. The van der Waals surface area contributed by atoms with Gasteiger partial charge in [-0.1, -0.05) is 23.7 Å². The third-order valence-electron chi connectivity index (χ3n) is 2.77. The molecule has 1 rings (SSSR count). The van der Waals surface area contributed by atoms with Gasteiger partial charge in [-0.05, 0) is 12.1 Å². The number of hydrogen-bond donors (Lipinski definition) is 4. The maximum Gasteiger partial charge on any atom is 0.239 e. The molecule has 0 spiro atoms. The maximum atomic E-state index is 11.3. The number of halogens is 1. The van der Waals surface area contributed by atoms with Crippen molar-refractivity contribution in [3.63, 3.8) is 0 Å². The van der Waals surface area contributed by atoms with Gasteiger partial charge in [0.2, 0.25) is 11.8 Å². The monoisotopic (exact) mass is 343 g/mol. The summed E-state index contributed by atoms with van der Waals surface area (Å²) in [5, 5.41) is 18.3. The van der Waals surface area contributed by atoms with Gasteiger partial charge in [-0.25, -0.2) is 0 Å². The minimum absolute atomic E-state index is 0.0381. The highest BCUT2D eigenvalue weighted by Gasteiger charge is 2.07. The molecule has 0 aliphatic carbocycles. The fourth-order valence-corrected chi connectivity index (χ4v) is 1.82. The average Bonchev–Trinajstić information content (AvgIpc) is 2.51. The Labute approximate surface area is 140 Å². The number of carbonyl (C=O) groups excluding carboxylic acids is 2. The van der Waals surface area contributed by atoms with Crippen LogP contribution in [0.4, 0.5) is 0 Å². The minimum Gasteiger partial charge on any atom is -0.489 e. The lowest BCUT2D eigenvalue weighted by Crippen LogP contribution is -2.40. The van der Waals surface area contributed by atoms with Gasteiger partial charge in [0.15, 0.2) is 0 Å². The summed E-state index contributed by atoms with van der Waals surface area (Å²) in [6.45, 7) is 2.65. The van der Waals surface area contributed by atoms with Crippen LogP contribution in [0, 0.1) is 0 Å². The number of carbonyl (C=O) groups is 2. The average molecular weight is 344 g/mol. The number of para-hydroxylation sites is 1. The Morgan fingerprint density at radius 3 is 2.70 bits per heavy atom. The molecule has 2 amide bonds. The SMILES string of the molecule is CC(=O)NCC(=O)NCCNCC(O)COc1ccccc1Cl. The lowest BCUT2D eigenvalue weighted by Gasteiger charge is -2.14. The minimum atomic E-state index is -0.693. The normalized spacial score (nSPS) is 11.6. The van der Waals surface area contributed by atoms with Crippen molar-refractivity contribution in [1.29, 1.82) is 0 Å². The number of hydrogen-bond acceptors (Lipinski definition) is 5. The number of amides is 2. The smallest absolute Gasteiger partial charge is 0.239 e. The van der Waals surface area contributed by atoms with Crippen molar-refractivity contribution >= 4 is 23.4 Å². The quantitative estimate of drug-likeness (QED) is 0.445. The molecule has 0 aliphatic heterocycles. The van der Waals surface area contributed by atoms with E-state index in [2.05, 4.69) is 16.0 Å². The van der Waals surface area contributed by atoms with Crippen LogP contribution in [0.15, 0.2) is 24.3 Å². The summed E-state index contributed by atoms with van der Waals surface area (Å²) in [7, 11) is 0. The zero-order valence-electron chi connectivity index (χ0n) is 13.0. The molecule has 7 nitrogen and oxygen atoms in total. The van der Waals surface area contributed by atoms with Crippen molar-refractivity contribution in [2.24, 2.45) is 0 Å². The second kappa shape index (κ2) is 10.8. The van der Waals surface area contributed by atoms with E-state index in [0.29, 0.717) is 30.4 Å². The van der Waals surface area contributed by atoms with Crippen LogP contribution in [-0.2, 0) is 9.59 Å². The summed E-state index contributed by atoms with van der Waals surface area (Å²) in [6.07, 6.45) is -0.693. The van der Waals surface area contributed by atoms with Crippen LogP contribution in [0.1, 0.15) is 6.92 Å². The molecule has 1 aromatic rings. The summed E-state index contributed by atoms with van der Waals surface area (Å²) < 4.78 is 5.42. The highest BCUT2D eigenvalue weighted by Crippen LogP contribution is 2.22. The van der Waals surface area contributed by atoms with E-state index in [-0.39, 0.29) is 25.0 Å². The molecule has 0 heterocycles. The van der Waals surface area contributed by atoms with E-state index < -0.39 is 6.10 Å². The molecule has 0 fully saturated rings. The van der Waals surface area contributed by atoms with Crippen molar-refractivity contribution in [2.45, 2.75) is 13.0 Å². The standard InChI is InChI=1S/C15H22ClN3O4/c1-11(20)19-9-15(22)18-7-6-17-8-12(21)10-23-14-5-3-2-4-13(14)16/h2-5,12,17,21H,6-10H2,1H3,(H,18,22)(H,19,20). The van der Waals surface area contributed by atoms with Gasteiger partial charge in [-0.2, -0.15) is 0 Å². The van der Waals surface area contributed by atoms with E-state index in [1.54, 1.807) is 24.3 Å². The number of aliphatic hydroxyl groups excluding tert-OH is 1. The first-order valence-electron chi connectivity index (χ1n) is 7.26. The number of rotatable bonds is 10. The first-order valence-corrected chi connectivity index (χ1v) is 7.64. The second-order valence-electron chi connectivity index (χ2n) is 4.86. The third-order valence-corrected chi connectivity index (χ3v) is 3.08. The number of benzene rings is 1. The topological polar surface area (TPSA) is 99.7 Å². The van der Waals surface area contributed by atoms with Gasteiger partial charge in [-0.15, -0.1) is 0 Å². The van der Waals surface area contributed by atoms with E-state index >= 15 is 0 Å². The summed E-state index contributed by atoms with van der Waals surface area (Å²) >= 11 is 5.94. The molecule has 0 saturated carbocycles. The second-order valence-corrected chi connectivity index (χ2v) is 5.27. The van der Waals surface area contributed by atoms with Gasteiger partial charge in [0.05, 0.1) is 11.6 Å². The molecule has 23 heavy (non-hydrogen) atoms. The van der Waals surface area contributed by atoms with Gasteiger partial charge in [0, 0.05) is 26.6 Å². The number of ether oxygens (including phenoxy) is 1. The molecule has 1 atom stereocenters. The van der Waals surface area contributed by atoms with E-state index in [4.69, 9.17) is 16.3 Å². The fraction of sp³-hybridized carbons (Fsp3) is 0.467. The van der Waals surface area contributed by atoms with E-state index in [9.17, 15) is 14.7 Å². The van der Waals surface area contributed by atoms with Gasteiger partial charge >= 0.3 is 0 Å². The van der Waals surface area contributed by atoms with E-state index in [0.717, 1.165) is 0 Å². The Balaban J connectivity index is 2.06. The summed E-state index contributed by atoms with van der Waals surface area (Å²) in [5.41, 5.74) is 0. The van der Waals surface area contributed by atoms with Crippen LogP contribution < -0.4 is 20.7 Å². The van der Waals surface area contributed by atoms with Crippen molar-refractivity contribution in [3.8, 4) is 5.75 Å². The van der Waals surface area contributed by atoms with Crippen molar-refractivity contribution in [3.05, 3.63) is 29.3 Å². The highest BCUT2D eigenvalue weighted by molar-refractivity contribution is 6.32. The number of nitrogens with one attached hydrogen (secondary N) is 3. The molecule has 1 unspecified atom stereocenters. The van der Waals surface area contributed by atoms with Crippen LogP contribution in [0.3, 0.4) is 0 Å². The lowest BCUT2D eigenvalue weighted by atomic mass is 10.3.